The van der Waals surface area contributed by atoms with Crippen LogP contribution in [0.3, 0.4) is 0 Å². The largest absolute Gasteiger partial charge is 0.289 e. The highest BCUT2D eigenvalue weighted by Crippen LogP contribution is 2.34. The minimum absolute atomic E-state index is 0.195. The van der Waals surface area contributed by atoms with Crippen LogP contribution in [0, 0.1) is 27.7 Å². The van der Waals surface area contributed by atoms with Crippen LogP contribution in [-0.2, 0) is 6.42 Å². The molecule has 0 saturated carbocycles. The normalized spacial score (nSPS) is 13.2. The van der Waals surface area contributed by atoms with E-state index in [2.05, 4.69) is 33.8 Å². The molecule has 96 valence electrons. The maximum absolute atomic E-state index is 12.7. The van der Waals surface area contributed by atoms with Crippen molar-refractivity contribution in [1.29, 1.82) is 0 Å². The maximum atomic E-state index is 12.7. The highest BCUT2D eigenvalue weighted by Gasteiger charge is 2.27. The number of carbonyl (C=O) groups is 1. The lowest BCUT2D eigenvalue weighted by Crippen LogP contribution is -2.19. The van der Waals surface area contributed by atoms with Gasteiger partial charge in [0.2, 0.25) is 0 Å². The Morgan fingerprint density at radius 1 is 0.842 bits per heavy atom. The lowest BCUT2D eigenvalue weighted by Gasteiger charge is -2.25. The van der Waals surface area contributed by atoms with E-state index < -0.39 is 0 Å². The van der Waals surface area contributed by atoms with Crippen LogP contribution in [0.2, 0.25) is 0 Å². The van der Waals surface area contributed by atoms with Crippen molar-refractivity contribution in [2.75, 3.05) is 0 Å². The molecule has 0 bridgehead atoms. The third-order valence-electron chi connectivity index (χ3n) is 4.67. The quantitative estimate of drug-likeness (QED) is 0.588. The summed E-state index contributed by atoms with van der Waals surface area (Å²) >= 11 is 0. The van der Waals surface area contributed by atoms with Gasteiger partial charge in [-0.3, -0.25) is 4.79 Å². The summed E-state index contributed by atoms with van der Waals surface area (Å²) in [4.78, 5) is 12.7. The molecule has 0 spiro atoms. The smallest absolute Gasteiger partial charge is 0.193 e. The molecule has 3 rings (SSSR count). The molecule has 0 atom stereocenters. The van der Waals surface area contributed by atoms with E-state index in [9.17, 15) is 4.79 Å². The lowest BCUT2D eigenvalue weighted by molar-refractivity contribution is 0.103. The predicted octanol–water partition coefficient (Wildman–Crippen LogP) is 4.06. The maximum Gasteiger partial charge on any atom is 0.193 e. The first-order chi connectivity index (χ1) is 9.02. The highest BCUT2D eigenvalue weighted by atomic mass is 16.1. The van der Waals surface area contributed by atoms with Gasteiger partial charge in [-0.15, -0.1) is 0 Å². The number of fused-ring (bicyclic) bond motifs is 2. The molecule has 0 radical (unpaired) electrons. The zero-order valence-corrected chi connectivity index (χ0v) is 11.9. The van der Waals surface area contributed by atoms with Gasteiger partial charge in [-0.25, -0.2) is 0 Å². The molecule has 1 heteroatoms. The van der Waals surface area contributed by atoms with E-state index in [-0.39, 0.29) is 5.78 Å². The number of hydrogen-bond donors (Lipinski definition) is 0. The van der Waals surface area contributed by atoms with Crippen molar-refractivity contribution >= 4 is 5.78 Å². The Hall–Kier alpha value is -1.89. The Balaban J connectivity index is 2.35. The first kappa shape index (κ1) is 12.2. The molecule has 1 aliphatic rings. The van der Waals surface area contributed by atoms with Crippen molar-refractivity contribution in [3.63, 3.8) is 0 Å². The van der Waals surface area contributed by atoms with E-state index in [1.54, 1.807) is 0 Å². The van der Waals surface area contributed by atoms with Gasteiger partial charge in [0.1, 0.15) is 0 Å². The fraction of sp³-hybridized carbons (Fsp3) is 0.278. The van der Waals surface area contributed by atoms with Crippen molar-refractivity contribution in [3.05, 3.63) is 68.8 Å². The summed E-state index contributed by atoms with van der Waals surface area (Å²) in [7, 11) is 0. The number of rotatable bonds is 0. The van der Waals surface area contributed by atoms with E-state index in [0.717, 1.165) is 28.7 Å². The van der Waals surface area contributed by atoms with Crippen molar-refractivity contribution in [2.45, 2.75) is 34.1 Å². The molecule has 0 aliphatic heterocycles. The Morgan fingerprint density at radius 2 is 1.47 bits per heavy atom. The second kappa shape index (κ2) is 4.06. The topological polar surface area (TPSA) is 17.1 Å². The second-order valence-electron chi connectivity index (χ2n) is 5.52. The van der Waals surface area contributed by atoms with Gasteiger partial charge in [0.25, 0.3) is 0 Å². The number of carbonyl (C=O) groups excluding carboxylic acids is 1. The van der Waals surface area contributed by atoms with E-state index >= 15 is 0 Å². The van der Waals surface area contributed by atoms with Gasteiger partial charge < -0.3 is 0 Å². The standard InChI is InChI=1S/C18H18O/c1-10-11(2)13(4)17-16(12(10)3)9-14-7-5-6-8-15(14)18(17)19/h5-8H,9H2,1-4H3. The SMILES string of the molecule is Cc1c(C)c(C)c2c(c1C)Cc1ccccc1C2=O. The Bertz CT molecular complexity index is 708. The zero-order valence-electron chi connectivity index (χ0n) is 11.9. The lowest BCUT2D eigenvalue weighted by atomic mass is 9.78. The molecule has 1 aliphatic carbocycles. The fourth-order valence-electron chi connectivity index (χ4n) is 3.14. The summed E-state index contributed by atoms with van der Waals surface area (Å²) < 4.78 is 0. The molecule has 1 nitrogen and oxygen atoms in total. The van der Waals surface area contributed by atoms with Crippen LogP contribution in [0.5, 0.6) is 0 Å². The molecular formula is C18H18O. The average molecular weight is 250 g/mol. The highest BCUT2D eigenvalue weighted by molar-refractivity contribution is 6.13. The molecule has 2 aromatic carbocycles. The first-order valence-corrected chi connectivity index (χ1v) is 6.74. The molecule has 0 amide bonds. The minimum Gasteiger partial charge on any atom is -0.289 e. The van der Waals surface area contributed by atoms with Crippen LogP contribution < -0.4 is 0 Å². The Morgan fingerprint density at radius 3 is 2.21 bits per heavy atom. The van der Waals surface area contributed by atoms with Crippen LogP contribution >= 0.6 is 0 Å². The van der Waals surface area contributed by atoms with Crippen molar-refractivity contribution in [1.82, 2.24) is 0 Å². The monoisotopic (exact) mass is 250 g/mol. The molecular weight excluding hydrogens is 232 g/mol. The zero-order chi connectivity index (χ0) is 13.7. The third kappa shape index (κ3) is 1.58. The van der Waals surface area contributed by atoms with Gasteiger partial charge in [-0.1, -0.05) is 24.3 Å². The van der Waals surface area contributed by atoms with Gasteiger partial charge in [0.15, 0.2) is 5.78 Å². The summed E-state index contributed by atoms with van der Waals surface area (Å²) in [5, 5.41) is 0. The minimum atomic E-state index is 0.195. The molecule has 0 fully saturated rings. The first-order valence-electron chi connectivity index (χ1n) is 6.74. The fourth-order valence-corrected chi connectivity index (χ4v) is 3.14. The molecule has 0 heterocycles. The van der Waals surface area contributed by atoms with Crippen molar-refractivity contribution in [3.8, 4) is 0 Å². The van der Waals surface area contributed by atoms with Crippen LogP contribution in [0.1, 0.15) is 49.3 Å². The van der Waals surface area contributed by atoms with E-state index in [0.29, 0.717) is 0 Å². The van der Waals surface area contributed by atoms with Crippen LogP contribution in [0.15, 0.2) is 24.3 Å². The van der Waals surface area contributed by atoms with Gasteiger partial charge >= 0.3 is 0 Å². The summed E-state index contributed by atoms with van der Waals surface area (Å²) in [6, 6.07) is 7.98. The van der Waals surface area contributed by atoms with Crippen LogP contribution in [-0.4, -0.2) is 5.78 Å². The summed E-state index contributed by atoms with van der Waals surface area (Å²) in [5.74, 6) is 0.195. The molecule has 0 saturated heterocycles. The average Bonchev–Trinajstić information content (AvgIpc) is 2.43. The summed E-state index contributed by atoms with van der Waals surface area (Å²) in [5.41, 5.74) is 9.21. The van der Waals surface area contributed by atoms with Gasteiger partial charge in [-0.2, -0.15) is 0 Å². The molecule has 0 N–H and O–H groups in total. The van der Waals surface area contributed by atoms with Gasteiger partial charge in [0, 0.05) is 11.1 Å². The number of benzene rings is 2. The van der Waals surface area contributed by atoms with Gasteiger partial charge in [-0.05, 0) is 67.5 Å². The molecule has 0 unspecified atom stereocenters. The Labute approximate surface area is 114 Å². The number of hydrogen-bond acceptors (Lipinski definition) is 1. The van der Waals surface area contributed by atoms with Crippen LogP contribution in [0.4, 0.5) is 0 Å². The predicted molar refractivity (Wildman–Crippen MR) is 78.1 cm³/mol. The Kier molecular flexibility index (Phi) is 2.60. The van der Waals surface area contributed by atoms with E-state index in [1.807, 2.05) is 18.2 Å². The van der Waals surface area contributed by atoms with E-state index in [1.165, 1.54) is 22.3 Å². The summed E-state index contributed by atoms with van der Waals surface area (Å²) in [6.45, 7) is 8.49. The molecule has 0 aromatic heterocycles. The molecule has 19 heavy (non-hydrogen) atoms. The second-order valence-corrected chi connectivity index (χ2v) is 5.52. The number of ketones is 1. The van der Waals surface area contributed by atoms with E-state index in [4.69, 9.17) is 0 Å². The van der Waals surface area contributed by atoms with Gasteiger partial charge in [0.05, 0.1) is 0 Å². The van der Waals surface area contributed by atoms with Crippen LogP contribution in [0.25, 0.3) is 0 Å². The third-order valence-corrected chi connectivity index (χ3v) is 4.67. The van der Waals surface area contributed by atoms with Crippen molar-refractivity contribution in [2.24, 2.45) is 0 Å². The molecule has 2 aromatic rings. The van der Waals surface area contributed by atoms with Crippen molar-refractivity contribution < 1.29 is 4.79 Å². The summed E-state index contributed by atoms with van der Waals surface area (Å²) in [6.07, 6.45) is 0.880.